The Morgan fingerprint density at radius 2 is 1.77 bits per heavy atom. The van der Waals surface area contributed by atoms with E-state index in [9.17, 15) is 18.0 Å². The van der Waals surface area contributed by atoms with Crippen molar-refractivity contribution in [2.75, 3.05) is 13.1 Å². The second-order valence-corrected chi connectivity index (χ2v) is 11.0. The molecule has 0 aromatic heterocycles. The number of hydrogen-bond donors (Lipinski definition) is 2. The monoisotopic (exact) mass is 437 g/mol. The average Bonchev–Trinajstić information content (AvgIpc) is 2.71. The van der Waals surface area contributed by atoms with E-state index in [0.717, 1.165) is 12.0 Å². The van der Waals surface area contributed by atoms with Crippen LogP contribution in [0.3, 0.4) is 0 Å². The van der Waals surface area contributed by atoms with Gasteiger partial charge in [0, 0.05) is 24.7 Å². The minimum atomic E-state index is -3.32. The molecule has 1 aliphatic rings. The highest BCUT2D eigenvalue weighted by Crippen LogP contribution is 2.25. The zero-order chi connectivity index (χ0) is 22.5. The fourth-order valence-corrected chi connectivity index (χ4v) is 4.92. The first-order chi connectivity index (χ1) is 14.1. The van der Waals surface area contributed by atoms with Crippen molar-refractivity contribution in [3.8, 4) is 0 Å². The maximum Gasteiger partial charge on any atom is 0.251 e. The lowest BCUT2D eigenvalue weighted by molar-refractivity contribution is -0.125. The van der Waals surface area contributed by atoms with Crippen molar-refractivity contribution in [3.63, 3.8) is 0 Å². The Kier molecular flexibility index (Phi) is 8.43. The molecule has 2 atom stereocenters. The summed E-state index contributed by atoms with van der Waals surface area (Å²) in [4.78, 5) is 25.8. The van der Waals surface area contributed by atoms with Gasteiger partial charge in [-0.25, -0.2) is 12.7 Å². The van der Waals surface area contributed by atoms with Gasteiger partial charge < -0.3 is 10.6 Å². The summed E-state index contributed by atoms with van der Waals surface area (Å²) in [5, 5.41) is 5.41. The fraction of sp³-hybridized carbons (Fsp3) is 0.636. The molecule has 0 aliphatic carbocycles. The summed E-state index contributed by atoms with van der Waals surface area (Å²) in [7, 11) is -3.32. The van der Waals surface area contributed by atoms with Gasteiger partial charge in [0.05, 0.1) is 5.25 Å². The predicted octanol–water partition coefficient (Wildman–Crippen LogP) is 2.46. The molecule has 1 aliphatic heterocycles. The summed E-state index contributed by atoms with van der Waals surface area (Å²) in [5.74, 6) is -0.628. The molecule has 0 saturated carbocycles. The number of nitrogens with one attached hydrogen (secondary N) is 2. The molecule has 7 nitrogen and oxygen atoms in total. The van der Waals surface area contributed by atoms with E-state index in [0.29, 0.717) is 31.5 Å². The van der Waals surface area contributed by atoms with Crippen LogP contribution in [0.1, 0.15) is 62.9 Å². The van der Waals surface area contributed by atoms with Crippen LogP contribution in [0, 0.1) is 12.8 Å². The maximum absolute atomic E-state index is 13.0. The standard InChI is InChI=1S/C22H35N3O4S/c1-6-17(5)23-22(27)20(24-21(26)19-9-7-8-16(4)14-19)18-10-12-25(13-11-18)30(28,29)15(2)3/h7-9,14-15,17-18,20H,6,10-13H2,1-5H3,(H,23,27)(H,24,26)/t17-,20-/m0/s1. The van der Waals surface area contributed by atoms with Crippen molar-refractivity contribution in [2.24, 2.45) is 5.92 Å². The third-order valence-corrected chi connectivity index (χ3v) is 8.05. The van der Waals surface area contributed by atoms with Crippen LogP contribution in [-0.4, -0.2) is 55.0 Å². The molecule has 1 fully saturated rings. The largest absolute Gasteiger partial charge is 0.352 e. The lowest BCUT2D eigenvalue weighted by atomic mass is 9.89. The fourth-order valence-electron chi connectivity index (χ4n) is 3.60. The molecular weight excluding hydrogens is 402 g/mol. The topological polar surface area (TPSA) is 95.6 Å². The molecule has 168 valence electrons. The first-order valence-corrected chi connectivity index (χ1v) is 12.2. The summed E-state index contributed by atoms with van der Waals surface area (Å²) in [5.41, 5.74) is 1.48. The zero-order valence-electron chi connectivity index (χ0n) is 18.6. The Balaban J connectivity index is 2.16. The minimum Gasteiger partial charge on any atom is -0.352 e. The van der Waals surface area contributed by atoms with Crippen LogP contribution in [0.15, 0.2) is 24.3 Å². The number of benzene rings is 1. The zero-order valence-corrected chi connectivity index (χ0v) is 19.5. The molecule has 1 aromatic carbocycles. The second-order valence-electron chi connectivity index (χ2n) is 8.47. The molecule has 1 heterocycles. The average molecular weight is 438 g/mol. The number of piperidine rings is 1. The highest BCUT2D eigenvalue weighted by Gasteiger charge is 2.36. The lowest BCUT2D eigenvalue weighted by Crippen LogP contribution is -2.55. The van der Waals surface area contributed by atoms with E-state index in [1.807, 2.05) is 32.9 Å². The molecule has 8 heteroatoms. The van der Waals surface area contributed by atoms with E-state index in [-0.39, 0.29) is 23.8 Å². The number of carbonyl (C=O) groups excluding carboxylic acids is 2. The number of sulfonamides is 1. The number of nitrogens with zero attached hydrogens (tertiary/aromatic N) is 1. The number of carbonyl (C=O) groups is 2. The molecule has 2 rings (SSSR count). The molecule has 30 heavy (non-hydrogen) atoms. The van der Waals surface area contributed by atoms with Gasteiger partial charge in [0.15, 0.2) is 0 Å². The quantitative estimate of drug-likeness (QED) is 0.653. The highest BCUT2D eigenvalue weighted by atomic mass is 32.2. The second kappa shape index (κ2) is 10.4. The van der Waals surface area contributed by atoms with Gasteiger partial charge in [0.25, 0.3) is 5.91 Å². The molecule has 1 saturated heterocycles. The molecule has 0 radical (unpaired) electrons. The van der Waals surface area contributed by atoms with Crippen LogP contribution in [0.2, 0.25) is 0 Å². The lowest BCUT2D eigenvalue weighted by Gasteiger charge is -2.36. The molecular formula is C22H35N3O4S. The molecule has 1 aromatic rings. The number of amides is 2. The van der Waals surface area contributed by atoms with Crippen molar-refractivity contribution in [1.29, 1.82) is 0 Å². The maximum atomic E-state index is 13.0. The summed E-state index contributed by atoms with van der Waals surface area (Å²) in [6.45, 7) is 9.89. The predicted molar refractivity (Wildman–Crippen MR) is 119 cm³/mol. The van der Waals surface area contributed by atoms with Gasteiger partial charge in [-0.1, -0.05) is 24.6 Å². The molecule has 0 unspecified atom stereocenters. The van der Waals surface area contributed by atoms with Crippen LogP contribution in [-0.2, 0) is 14.8 Å². The smallest absolute Gasteiger partial charge is 0.251 e. The van der Waals surface area contributed by atoms with Crippen LogP contribution in [0.5, 0.6) is 0 Å². The van der Waals surface area contributed by atoms with Crippen LogP contribution in [0.25, 0.3) is 0 Å². The van der Waals surface area contributed by atoms with Gasteiger partial charge in [-0.2, -0.15) is 0 Å². The van der Waals surface area contributed by atoms with Crippen molar-refractivity contribution in [2.45, 2.75) is 71.2 Å². The number of aryl methyl sites for hydroxylation is 1. The number of hydrogen-bond acceptors (Lipinski definition) is 4. The third kappa shape index (κ3) is 6.04. The van der Waals surface area contributed by atoms with Crippen molar-refractivity contribution >= 4 is 21.8 Å². The van der Waals surface area contributed by atoms with Gasteiger partial charge in [-0.15, -0.1) is 0 Å². The molecule has 2 N–H and O–H groups in total. The molecule has 2 amide bonds. The SMILES string of the molecule is CC[C@H](C)NC(=O)[C@@H](NC(=O)c1cccc(C)c1)C1CCN(S(=O)(=O)C(C)C)CC1. The van der Waals surface area contributed by atoms with E-state index >= 15 is 0 Å². The summed E-state index contributed by atoms with van der Waals surface area (Å²) in [6, 6.07) is 6.54. The highest BCUT2D eigenvalue weighted by molar-refractivity contribution is 7.89. The summed E-state index contributed by atoms with van der Waals surface area (Å²) in [6.07, 6.45) is 1.84. The molecule has 0 bridgehead atoms. The van der Waals surface area contributed by atoms with Crippen LogP contribution in [0.4, 0.5) is 0 Å². The van der Waals surface area contributed by atoms with Gasteiger partial charge in [0.1, 0.15) is 6.04 Å². The van der Waals surface area contributed by atoms with E-state index < -0.39 is 21.3 Å². The first kappa shape index (κ1) is 24.3. The van der Waals surface area contributed by atoms with E-state index in [1.165, 1.54) is 4.31 Å². The van der Waals surface area contributed by atoms with E-state index in [2.05, 4.69) is 10.6 Å². The van der Waals surface area contributed by atoms with E-state index in [4.69, 9.17) is 0 Å². The van der Waals surface area contributed by atoms with Crippen LogP contribution < -0.4 is 10.6 Å². The number of rotatable bonds is 8. The van der Waals surface area contributed by atoms with Crippen LogP contribution >= 0.6 is 0 Å². The Labute approximate surface area is 180 Å². The van der Waals surface area contributed by atoms with Crippen molar-refractivity contribution < 1.29 is 18.0 Å². The summed E-state index contributed by atoms with van der Waals surface area (Å²) >= 11 is 0. The Morgan fingerprint density at radius 1 is 1.13 bits per heavy atom. The molecule has 0 spiro atoms. The third-order valence-electron chi connectivity index (χ3n) is 5.78. The van der Waals surface area contributed by atoms with Gasteiger partial charge >= 0.3 is 0 Å². The van der Waals surface area contributed by atoms with Gasteiger partial charge in [-0.3, -0.25) is 9.59 Å². The summed E-state index contributed by atoms with van der Waals surface area (Å²) < 4.78 is 26.4. The van der Waals surface area contributed by atoms with Gasteiger partial charge in [-0.05, 0) is 65.0 Å². The Hall–Kier alpha value is -1.93. The van der Waals surface area contributed by atoms with Crippen molar-refractivity contribution in [1.82, 2.24) is 14.9 Å². The minimum absolute atomic E-state index is 0.00252. The first-order valence-electron chi connectivity index (χ1n) is 10.7. The Morgan fingerprint density at radius 3 is 2.30 bits per heavy atom. The van der Waals surface area contributed by atoms with Gasteiger partial charge in [0.2, 0.25) is 15.9 Å². The Bertz CT molecular complexity index is 846. The normalized spacial score (nSPS) is 18.1. The van der Waals surface area contributed by atoms with E-state index in [1.54, 1.807) is 26.0 Å². The van der Waals surface area contributed by atoms with Crippen molar-refractivity contribution in [3.05, 3.63) is 35.4 Å².